The molecule has 3 heterocycles. The number of hydrogen-bond acceptors (Lipinski definition) is 8. The molecule has 1 aromatic heterocycles. The van der Waals surface area contributed by atoms with Crippen LogP contribution < -0.4 is 20.7 Å². The van der Waals surface area contributed by atoms with Gasteiger partial charge in [0.15, 0.2) is 5.37 Å². The van der Waals surface area contributed by atoms with Crippen LogP contribution in [0.25, 0.3) is 0 Å². The summed E-state index contributed by atoms with van der Waals surface area (Å²) in [4.78, 5) is 43.1. The number of benzene rings is 1. The van der Waals surface area contributed by atoms with E-state index in [-0.39, 0.29) is 16.9 Å². The Labute approximate surface area is 215 Å². The molecule has 38 heavy (non-hydrogen) atoms. The number of nitrogens with zero attached hydrogens (tertiary/aromatic N) is 2. The highest BCUT2D eigenvalue weighted by Crippen LogP contribution is 2.41. The van der Waals surface area contributed by atoms with Crippen molar-refractivity contribution in [2.24, 2.45) is 0 Å². The summed E-state index contributed by atoms with van der Waals surface area (Å²) in [6.07, 6.45) is -2.36. The molecule has 4 rings (SSSR count). The summed E-state index contributed by atoms with van der Waals surface area (Å²) in [6.45, 7) is -1.48. The van der Waals surface area contributed by atoms with Crippen LogP contribution in [0, 0.1) is 5.41 Å². The van der Waals surface area contributed by atoms with E-state index in [2.05, 4.69) is 25.7 Å². The average Bonchev–Trinajstić information content (AvgIpc) is 3.41. The number of hydrogen-bond donors (Lipinski definition) is 4. The molecule has 0 spiro atoms. The molecule has 2 atom stereocenters. The van der Waals surface area contributed by atoms with E-state index in [9.17, 15) is 36.3 Å². The highest BCUT2D eigenvalue weighted by atomic mass is 32.2. The van der Waals surface area contributed by atoms with Crippen LogP contribution in [0.15, 0.2) is 41.6 Å². The summed E-state index contributed by atoms with van der Waals surface area (Å²) in [5, 5.41) is 13.9. The molecule has 1 aromatic carbocycles. The number of pyridine rings is 1. The average molecular weight is 558 g/mol. The monoisotopic (exact) mass is 558 g/mol. The number of rotatable bonds is 7. The molecule has 1 unspecified atom stereocenters. The largest absolute Gasteiger partial charge is 0.573 e. The Morgan fingerprint density at radius 3 is 2.76 bits per heavy atom. The van der Waals surface area contributed by atoms with Crippen molar-refractivity contribution in [1.29, 1.82) is 5.41 Å². The first kappa shape index (κ1) is 27.1. The molecule has 10 nitrogen and oxygen atoms in total. The standard InChI is InChI=1S/C22H19F5N6O4S/c23-21(24)6-11(7-28)33(10-21)17(34)9-30-18(35)13-3-4-29-8-15(13)31-19(36)20-32-14-5-12(37-22(25,26)27)1-2-16(14)38-20/h1-5,7-8,11,20,28,32H,6,9-10H2,(H,30,35)(H,31,36)/t11-,20?/m0/s1. The van der Waals surface area contributed by atoms with Crippen molar-refractivity contribution in [2.45, 2.75) is 35.0 Å². The van der Waals surface area contributed by atoms with Crippen molar-refractivity contribution in [3.8, 4) is 5.75 Å². The fourth-order valence-corrected chi connectivity index (χ4v) is 4.85. The van der Waals surface area contributed by atoms with Crippen molar-refractivity contribution in [3.63, 3.8) is 0 Å². The fraction of sp³-hybridized carbons (Fsp3) is 0.318. The van der Waals surface area contributed by atoms with Crippen LogP contribution in [-0.2, 0) is 9.59 Å². The van der Waals surface area contributed by atoms with Gasteiger partial charge in [-0.3, -0.25) is 19.4 Å². The lowest BCUT2D eigenvalue weighted by molar-refractivity contribution is -0.274. The molecule has 1 fully saturated rings. The summed E-state index contributed by atoms with van der Waals surface area (Å²) in [5.41, 5.74) is 0.153. The number of aromatic nitrogens is 1. The predicted molar refractivity (Wildman–Crippen MR) is 125 cm³/mol. The molecular weight excluding hydrogens is 539 g/mol. The minimum Gasteiger partial charge on any atom is -0.406 e. The lowest BCUT2D eigenvalue weighted by Crippen LogP contribution is -2.43. The van der Waals surface area contributed by atoms with Gasteiger partial charge in [0.2, 0.25) is 5.91 Å². The van der Waals surface area contributed by atoms with Gasteiger partial charge in [-0.05, 0) is 18.2 Å². The Balaban J connectivity index is 1.37. The zero-order valence-corrected chi connectivity index (χ0v) is 20.0. The second-order valence-electron chi connectivity index (χ2n) is 8.26. The third-order valence-electron chi connectivity index (χ3n) is 5.50. The normalized spacial score (nSPS) is 19.8. The number of alkyl halides is 5. The van der Waals surface area contributed by atoms with E-state index >= 15 is 0 Å². The van der Waals surface area contributed by atoms with E-state index in [1.165, 1.54) is 24.5 Å². The summed E-state index contributed by atoms with van der Waals surface area (Å²) in [6, 6.07) is 3.76. The van der Waals surface area contributed by atoms with Gasteiger partial charge in [0.1, 0.15) is 5.75 Å². The van der Waals surface area contributed by atoms with Crippen LogP contribution >= 0.6 is 11.8 Å². The first-order valence-electron chi connectivity index (χ1n) is 10.9. The molecule has 2 aromatic rings. The Morgan fingerprint density at radius 2 is 2.05 bits per heavy atom. The van der Waals surface area contributed by atoms with E-state index < -0.39 is 66.7 Å². The third-order valence-corrected chi connectivity index (χ3v) is 6.68. The maximum Gasteiger partial charge on any atom is 0.573 e. The number of likely N-dealkylation sites (tertiary alicyclic amines) is 1. The highest BCUT2D eigenvalue weighted by Gasteiger charge is 2.46. The molecule has 1 saturated heterocycles. The molecule has 0 radical (unpaired) electrons. The van der Waals surface area contributed by atoms with E-state index in [0.717, 1.165) is 35.0 Å². The summed E-state index contributed by atoms with van der Waals surface area (Å²) >= 11 is 1.02. The minimum absolute atomic E-state index is 0.0213. The van der Waals surface area contributed by atoms with Gasteiger partial charge in [-0.15, -0.1) is 13.2 Å². The zero-order valence-electron chi connectivity index (χ0n) is 19.1. The van der Waals surface area contributed by atoms with Crippen molar-refractivity contribution in [3.05, 3.63) is 42.2 Å². The van der Waals surface area contributed by atoms with Gasteiger partial charge < -0.3 is 31.0 Å². The number of nitrogens with one attached hydrogen (secondary N) is 4. The SMILES string of the molecule is N=C[C@@H]1CC(F)(F)CN1C(=O)CNC(=O)c1ccncc1NC(=O)C1Nc2cc(OC(F)(F)F)ccc2S1. The minimum atomic E-state index is -4.88. The van der Waals surface area contributed by atoms with Gasteiger partial charge in [0.25, 0.3) is 17.7 Å². The van der Waals surface area contributed by atoms with Gasteiger partial charge in [-0.2, -0.15) is 0 Å². The quantitative estimate of drug-likeness (QED) is 0.303. The smallest absolute Gasteiger partial charge is 0.406 e. The Bertz CT molecular complexity index is 1280. The van der Waals surface area contributed by atoms with Crippen LogP contribution in [0.4, 0.5) is 33.3 Å². The van der Waals surface area contributed by atoms with Gasteiger partial charge in [0, 0.05) is 29.8 Å². The zero-order chi connectivity index (χ0) is 27.7. The van der Waals surface area contributed by atoms with E-state index in [1.807, 2.05) is 0 Å². The van der Waals surface area contributed by atoms with Crippen molar-refractivity contribution in [2.75, 3.05) is 23.7 Å². The fourth-order valence-electron chi connectivity index (χ4n) is 3.85. The maximum absolute atomic E-state index is 13.6. The highest BCUT2D eigenvalue weighted by molar-refractivity contribution is 8.01. The van der Waals surface area contributed by atoms with Crippen LogP contribution in [0.1, 0.15) is 16.8 Å². The van der Waals surface area contributed by atoms with E-state index in [1.54, 1.807) is 0 Å². The number of carbonyl (C=O) groups excluding carboxylic acids is 3. The molecule has 16 heteroatoms. The number of anilines is 2. The predicted octanol–water partition coefficient (Wildman–Crippen LogP) is 3.08. The number of ether oxygens (including phenoxy) is 1. The van der Waals surface area contributed by atoms with Crippen molar-refractivity contribution >= 4 is 47.1 Å². The number of fused-ring (bicyclic) bond motifs is 1. The van der Waals surface area contributed by atoms with Crippen molar-refractivity contribution in [1.82, 2.24) is 15.2 Å². The second-order valence-corrected chi connectivity index (χ2v) is 9.40. The van der Waals surface area contributed by atoms with Crippen molar-refractivity contribution < 1.29 is 41.1 Å². The molecule has 3 amide bonds. The molecule has 4 N–H and O–H groups in total. The molecular formula is C22H19F5N6O4S. The lowest BCUT2D eigenvalue weighted by atomic mass is 10.2. The molecule has 0 aliphatic carbocycles. The molecule has 0 saturated carbocycles. The van der Waals surface area contributed by atoms with Crippen LogP contribution in [0.5, 0.6) is 5.75 Å². The summed E-state index contributed by atoms with van der Waals surface area (Å²) in [7, 11) is 0. The number of halogens is 5. The maximum atomic E-state index is 13.6. The van der Waals surface area contributed by atoms with Gasteiger partial charge in [0.05, 0.1) is 42.3 Å². The van der Waals surface area contributed by atoms with E-state index in [4.69, 9.17) is 5.41 Å². The van der Waals surface area contributed by atoms with Crippen LogP contribution in [0.3, 0.4) is 0 Å². The first-order valence-corrected chi connectivity index (χ1v) is 11.8. The Hall–Kier alpha value is -3.95. The van der Waals surface area contributed by atoms with Crippen LogP contribution in [-0.4, -0.2) is 70.6 Å². The molecule has 2 aliphatic heterocycles. The summed E-state index contributed by atoms with van der Waals surface area (Å²) in [5.74, 6) is -5.84. The third kappa shape index (κ3) is 6.30. The second kappa shape index (κ2) is 10.4. The Kier molecular flexibility index (Phi) is 7.44. The Morgan fingerprint density at radius 1 is 1.29 bits per heavy atom. The van der Waals surface area contributed by atoms with E-state index in [0.29, 0.717) is 4.90 Å². The molecule has 2 aliphatic rings. The van der Waals surface area contributed by atoms with Gasteiger partial charge in [-0.25, -0.2) is 8.78 Å². The van der Waals surface area contributed by atoms with Gasteiger partial charge >= 0.3 is 6.36 Å². The topological polar surface area (TPSA) is 137 Å². The molecule has 0 bridgehead atoms. The lowest BCUT2D eigenvalue weighted by Gasteiger charge is -2.21. The van der Waals surface area contributed by atoms with Crippen LogP contribution in [0.2, 0.25) is 0 Å². The number of thioether (sulfide) groups is 1. The molecule has 202 valence electrons. The first-order chi connectivity index (χ1) is 17.8. The summed E-state index contributed by atoms with van der Waals surface area (Å²) < 4.78 is 68.6. The van der Waals surface area contributed by atoms with Gasteiger partial charge in [-0.1, -0.05) is 11.8 Å². The number of carbonyl (C=O) groups is 3. The number of amides is 3.